The van der Waals surface area contributed by atoms with E-state index in [2.05, 4.69) is 21.7 Å². The molecule has 1 aromatic carbocycles. The van der Waals surface area contributed by atoms with Gasteiger partial charge in [-0.2, -0.15) is 13.2 Å². The van der Waals surface area contributed by atoms with Gasteiger partial charge in [-0.1, -0.05) is 18.2 Å². The summed E-state index contributed by atoms with van der Waals surface area (Å²) in [5.41, 5.74) is 1.21. The van der Waals surface area contributed by atoms with Crippen LogP contribution in [-0.4, -0.2) is 62.9 Å². The van der Waals surface area contributed by atoms with Crippen LogP contribution < -0.4 is 15.4 Å². The van der Waals surface area contributed by atoms with E-state index < -0.39 is 12.7 Å². The van der Waals surface area contributed by atoms with Gasteiger partial charge in [-0.05, 0) is 30.5 Å². The Balaban J connectivity index is 0.00000261. The highest BCUT2D eigenvalue weighted by Crippen LogP contribution is 2.27. The molecule has 2 heterocycles. The zero-order valence-corrected chi connectivity index (χ0v) is 17.6. The van der Waals surface area contributed by atoms with E-state index in [0.717, 1.165) is 18.6 Å². The topological polar surface area (TPSA) is 48.9 Å². The summed E-state index contributed by atoms with van der Waals surface area (Å²) in [6.45, 7) is 1.37. The van der Waals surface area contributed by atoms with Crippen LogP contribution in [0.4, 0.5) is 13.2 Å². The Bertz CT molecular complexity index is 616. The number of likely N-dealkylation sites (tertiary alicyclic amines) is 1. The van der Waals surface area contributed by atoms with E-state index in [9.17, 15) is 13.2 Å². The first-order valence-electron chi connectivity index (χ1n) is 8.91. The van der Waals surface area contributed by atoms with Crippen LogP contribution in [0.2, 0.25) is 0 Å². The Morgan fingerprint density at radius 1 is 1.26 bits per heavy atom. The Labute approximate surface area is 174 Å². The van der Waals surface area contributed by atoms with Gasteiger partial charge in [0.25, 0.3) is 0 Å². The van der Waals surface area contributed by atoms with Crippen LogP contribution in [0.25, 0.3) is 0 Å². The Morgan fingerprint density at radius 3 is 2.70 bits per heavy atom. The number of halogens is 4. The SMILES string of the molecule is CN=C(NCC1CCN(CC(F)(F)F)C1)NCC1Cc2ccccc2O1.I. The zero-order chi connectivity index (χ0) is 18.6. The molecule has 0 aromatic heterocycles. The maximum Gasteiger partial charge on any atom is 0.401 e. The highest BCUT2D eigenvalue weighted by Gasteiger charge is 2.34. The number of para-hydroxylation sites is 1. The fourth-order valence-electron chi connectivity index (χ4n) is 3.52. The first kappa shape index (κ1) is 22.1. The predicted octanol–water partition coefficient (Wildman–Crippen LogP) is 2.66. The van der Waals surface area contributed by atoms with Crippen molar-refractivity contribution < 1.29 is 17.9 Å². The molecule has 5 nitrogen and oxygen atoms in total. The van der Waals surface area contributed by atoms with Gasteiger partial charge in [-0.3, -0.25) is 9.89 Å². The summed E-state index contributed by atoms with van der Waals surface area (Å²) < 4.78 is 43.2. The second-order valence-corrected chi connectivity index (χ2v) is 6.89. The number of hydrogen-bond donors (Lipinski definition) is 2. The smallest absolute Gasteiger partial charge is 0.401 e. The molecule has 2 aliphatic rings. The van der Waals surface area contributed by atoms with E-state index in [1.807, 2.05) is 18.2 Å². The molecule has 2 N–H and O–H groups in total. The summed E-state index contributed by atoms with van der Waals surface area (Å²) in [4.78, 5) is 5.65. The summed E-state index contributed by atoms with van der Waals surface area (Å²) in [6.07, 6.45) is -2.45. The van der Waals surface area contributed by atoms with Crippen LogP contribution in [0.5, 0.6) is 5.75 Å². The molecule has 3 rings (SSSR count). The summed E-state index contributed by atoms with van der Waals surface area (Å²) in [5, 5.41) is 6.46. The number of nitrogens with zero attached hydrogens (tertiary/aromatic N) is 2. The Morgan fingerprint density at radius 2 is 2.00 bits per heavy atom. The molecule has 0 spiro atoms. The van der Waals surface area contributed by atoms with E-state index in [1.54, 1.807) is 7.05 Å². The van der Waals surface area contributed by atoms with Gasteiger partial charge in [0.05, 0.1) is 13.1 Å². The normalized spacial score (nSPS) is 22.7. The number of guanidine groups is 1. The van der Waals surface area contributed by atoms with Crippen LogP contribution in [0, 0.1) is 5.92 Å². The maximum atomic E-state index is 12.5. The molecule has 9 heteroatoms. The summed E-state index contributed by atoms with van der Waals surface area (Å²) in [5.74, 6) is 1.78. The molecular weight excluding hydrogens is 472 g/mol. The number of rotatable bonds is 5. The minimum atomic E-state index is -4.13. The molecule has 0 amide bonds. The lowest BCUT2D eigenvalue weighted by molar-refractivity contribution is -0.143. The molecular formula is C18H26F3IN4O. The summed E-state index contributed by atoms with van der Waals surface area (Å²) in [7, 11) is 1.68. The van der Waals surface area contributed by atoms with Crippen molar-refractivity contribution in [3.8, 4) is 5.75 Å². The van der Waals surface area contributed by atoms with Gasteiger partial charge in [-0.25, -0.2) is 0 Å². The Kier molecular flexibility index (Phi) is 8.02. The zero-order valence-electron chi connectivity index (χ0n) is 15.3. The third-order valence-electron chi connectivity index (χ3n) is 4.77. The number of hydrogen-bond acceptors (Lipinski definition) is 3. The van der Waals surface area contributed by atoms with Crippen molar-refractivity contribution in [3.05, 3.63) is 29.8 Å². The number of fused-ring (bicyclic) bond motifs is 1. The van der Waals surface area contributed by atoms with Gasteiger partial charge in [0, 0.05) is 26.6 Å². The lowest BCUT2D eigenvalue weighted by atomic mass is 10.1. The quantitative estimate of drug-likeness (QED) is 0.373. The van der Waals surface area contributed by atoms with Gasteiger partial charge in [-0.15, -0.1) is 24.0 Å². The van der Waals surface area contributed by atoms with Gasteiger partial charge in [0.1, 0.15) is 11.9 Å². The standard InChI is InChI=1S/C18H25F3N4O.HI/c1-22-17(23-9-13-6-7-25(11-13)12-18(19,20)21)24-10-15-8-14-4-2-3-5-16(14)26-15;/h2-5,13,15H,6-12H2,1H3,(H2,22,23,24);1H. The molecule has 0 saturated carbocycles. The van der Waals surface area contributed by atoms with Gasteiger partial charge >= 0.3 is 6.18 Å². The second kappa shape index (κ2) is 9.81. The molecule has 152 valence electrons. The fourth-order valence-corrected chi connectivity index (χ4v) is 3.52. The highest BCUT2D eigenvalue weighted by molar-refractivity contribution is 14.0. The Hall–Kier alpha value is -1.23. The van der Waals surface area contributed by atoms with E-state index >= 15 is 0 Å². The number of ether oxygens (including phenoxy) is 1. The third kappa shape index (κ3) is 6.70. The molecule has 2 aliphatic heterocycles. The van der Waals surface area contributed by atoms with Crippen molar-refractivity contribution in [2.24, 2.45) is 10.9 Å². The summed E-state index contributed by atoms with van der Waals surface area (Å²) in [6, 6.07) is 7.99. The minimum Gasteiger partial charge on any atom is -0.488 e. The van der Waals surface area contributed by atoms with E-state index in [0.29, 0.717) is 32.1 Å². The molecule has 0 bridgehead atoms. The molecule has 2 atom stereocenters. The van der Waals surface area contributed by atoms with Gasteiger partial charge in [0.2, 0.25) is 0 Å². The van der Waals surface area contributed by atoms with Gasteiger partial charge in [0.15, 0.2) is 5.96 Å². The van der Waals surface area contributed by atoms with E-state index in [1.165, 1.54) is 10.5 Å². The lowest BCUT2D eigenvalue weighted by Crippen LogP contribution is -2.44. The number of aliphatic imine (C=N–C) groups is 1. The molecule has 2 unspecified atom stereocenters. The van der Waals surface area contributed by atoms with Crippen LogP contribution in [-0.2, 0) is 6.42 Å². The average molecular weight is 498 g/mol. The number of nitrogens with one attached hydrogen (secondary N) is 2. The fraction of sp³-hybridized carbons (Fsp3) is 0.611. The van der Waals surface area contributed by atoms with Crippen molar-refractivity contribution in [3.63, 3.8) is 0 Å². The van der Waals surface area contributed by atoms with E-state index in [4.69, 9.17) is 4.74 Å². The van der Waals surface area contributed by atoms with Crippen LogP contribution in [0.15, 0.2) is 29.3 Å². The molecule has 0 radical (unpaired) electrons. The predicted molar refractivity (Wildman–Crippen MR) is 110 cm³/mol. The molecule has 27 heavy (non-hydrogen) atoms. The third-order valence-corrected chi connectivity index (χ3v) is 4.77. The summed E-state index contributed by atoms with van der Waals surface area (Å²) >= 11 is 0. The molecule has 1 fully saturated rings. The van der Waals surface area contributed by atoms with Crippen molar-refractivity contribution in [2.75, 3.05) is 39.8 Å². The van der Waals surface area contributed by atoms with E-state index in [-0.39, 0.29) is 36.0 Å². The first-order valence-corrected chi connectivity index (χ1v) is 8.91. The van der Waals surface area contributed by atoms with Gasteiger partial charge < -0.3 is 15.4 Å². The number of benzene rings is 1. The van der Waals surface area contributed by atoms with Crippen LogP contribution in [0.3, 0.4) is 0 Å². The largest absolute Gasteiger partial charge is 0.488 e. The van der Waals surface area contributed by atoms with Crippen molar-refractivity contribution in [1.29, 1.82) is 0 Å². The van der Waals surface area contributed by atoms with Crippen molar-refractivity contribution >= 4 is 29.9 Å². The number of alkyl halides is 3. The highest BCUT2D eigenvalue weighted by atomic mass is 127. The van der Waals surface area contributed by atoms with Crippen molar-refractivity contribution in [2.45, 2.75) is 25.1 Å². The second-order valence-electron chi connectivity index (χ2n) is 6.89. The average Bonchev–Trinajstić information content (AvgIpc) is 3.19. The first-order chi connectivity index (χ1) is 12.4. The lowest BCUT2D eigenvalue weighted by Gasteiger charge is -2.19. The maximum absolute atomic E-state index is 12.5. The minimum absolute atomic E-state index is 0. The monoisotopic (exact) mass is 498 g/mol. The molecule has 1 saturated heterocycles. The molecule has 0 aliphatic carbocycles. The van der Waals surface area contributed by atoms with Crippen LogP contribution >= 0.6 is 24.0 Å². The van der Waals surface area contributed by atoms with Crippen molar-refractivity contribution in [1.82, 2.24) is 15.5 Å². The van der Waals surface area contributed by atoms with Crippen LogP contribution in [0.1, 0.15) is 12.0 Å². The molecule has 1 aromatic rings.